The predicted octanol–water partition coefficient (Wildman–Crippen LogP) is 5.41. The number of nitrogens with one attached hydrogen (secondary N) is 1. The maximum atomic E-state index is 5.61. The molecule has 0 fully saturated rings. The molecule has 0 amide bonds. The van der Waals surface area contributed by atoms with Crippen LogP contribution in [0.25, 0.3) is 11.5 Å². The SMILES string of the molecule is COc1ccc(CNc2nnc(SCc3coc(-c4ccc(C)cc4)n3)s2)cc1. The standard InChI is InChI=1S/C21H20N4O2S2/c1-14-3-7-16(8-4-14)19-23-17(12-27-19)13-28-21-25-24-20(29-21)22-11-15-5-9-18(26-2)10-6-15/h3-10,12H,11,13H2,1-2H3,(H,22,24). The first kappa shape index (κ1) is 19.5. The number of anilines is 1. The number of benzene rings is 2. The molecule has 8 heteroatoms. The predicted molar refractivity (Wildman–Crippen MR) is 116 cm³/mol. The van der Waals surface area contributed by atoms with E-state index < -0.39 is 0 Å². The molecule has 0 aliphatic rings. The molecule has 0 bridgehead atoms. The van der Waals surface area contributed by atoms with Crippen molar-refractivity contribution in [3.63, 3.8) is 0 Å². The van der Waals surface area contributed by atoms with Crippen LogP contribution in [0.4, 0.5) is 5.13 Å². The maximum Gasteiger partial charge on any atom is 0.226 e. The summed E-state index contributed by atoms with van der Waals surface area (Å²) in [6, 6.07) is 16.1. The van der Waals surface area contributed by atoms with Gasteiger partial charge in [0.05, 0.1) is 12.8 Å². The van der Waals surface area contributed by atoms with Gasteiger partial charge in [-0.1, -0.05) is 52.9 Å². The molecule has 0 saturated carbocycles. The fourth-order valence-corrected chi connectivity index (χ4v) is 4.22. The van der Waals surface area contributed by atoms with Crippen molar-refractivity contribution in [2.75, 3.05) is 12.4 Å². The van der Waals surface area contributed by atoms with Crippen molar-refractivity contribution in [1.82, 2.24) is 15.2 Å². The minimum Gasteiger partial charge on any atom is -0.497 e. The third-order valence-corrected chi connectivity index (χ3v) is 6.25. The van der Waals surface area contributed by atoms with Gasteiger partial charge in [-0.3, -0.25) is 0 Å². The largest absolute Gasteiger partial charge is 0.497 e. The van der Waals surface area contributed by atoms with Crippen molar-refractivity contribution >= 4 is 28.2 Å². The van der Waals surface area contributed by atoms with Crippen LogP contribution in [-0.2, 0) is 12.3 Å². The zero-order valence-corrected chi connectivity index (χ0v) is 17.7. The average molecular weight is 425 g/mol. The Labute approximate surface area is 177 Å². The molecule has 0 aliphatic heterocycles. The van der Waals surface area contributed by atoms with E-state index in [1.165, 1.54) is 16.9 Å². The van der Waals surface area contributed by atoms with Crippen molar-refractivity contribution < 1.29 is 9.15 Å². The molecule has 29 heavy (non-hydrogen) atoms. The Kier molecular flexibility index (Phi) is 6.12. The maximum absolute atomic E-state index is 5.61. The first-order valence-corrected chi connectivity index (χ1v) is 10.8. The summed E-state index contributed by atoms with van der Waals surface area (Å²) in [5.74, 6) is 2.17. The Balaban J connectivity index is 1.29. The summed E-state index contributed by atoms with van der Waals surface area (Å²) >= 11 is 3.13. The topological polar surface area (TPSA) is 73.1 Å². The zero-order chi connectivity index (χ0) is 20.1. The number of hydrogen-bond acceptors (Lipinski definition) is 8. The fraction of sp³-hybridized carbons (Fsp3) is 0.190. The number of oxazole rings is 1. The molecule has 0 saturated heterocycles. The van der Waals surface area contributed by atoms with Crippen LogP contribution in [0.2, 0.25) is 0 Å². The van der Waals surface area contributed by atoms with Gasteiger partial charge in [0.2, 0.25) is 11.0 Å². The Morgan fingerprint density at radius 2 is 1.86 bits per heavy atom. The normalized spacial score (nSPS) is 10.8. The third kappa shape index (κ3) is 5.16. The second-order valence-electron chi connectivity index (χ2n) is 6.37. The number of aryl methyl sites for hydroxylation is 1. The van der Waals surface area contributed by atoms with Gasteiger partial charge in [0, 0.05) is 17.9 Å². The average Bonchev–Trinajstić information content (AvgIpc) is 3.41. The smallest absolute Gasteiger partial charge is 0.226 e. The molecule has 2 aromatic heterocycles. The van der Waals surface area contributed by atoms with Gasteiger partial charge in [-0.05, 0) is 36.8 Å². The van der Waals surface area contributed by atoms with E-state index in [2.05, 4.69) is 39.6 Å². The van der Waals surface area contributed by atoms with Crippen LogP contribution in [0.1, 0.15) is 16.8 Å². The van der Waals surface area contributed by atoms with Gasteiger partial charge in [-0.25, -0.2) is 4.98 Å². The second kappa shape index (κ2) is 9.11. The van der Waals surface area contributed by atoms with E-state index in [1.54, 1.807) is 25.1 Å². The Morgan fingerprint density at radius 1 is 1.07 bits per heavy atom. The molecule has 1 N–H and O–H groups in total. The number of nitrogens with zero attached hydrogens (tertiary/aromatic N) is 3. The van der Waals surface area contributed by atoms with E-state index in [0.29, 0.717) is 18.2 Å². The van der Waals surface area contributed by atoms with Crippen LogP contribution < -0.4 is 10.1 Å². The second-order valence-corrected chi connectivity index (χ2v) is 8.57. The van der Waals surface area contributed by atoms with Gasteiger partial charge in [-0.15, -0.1) is 10.2 Å². The van der Waals surface area contributed by atoms with E-state index >= 15 is 0 Å². The van der Waals surface area contributed by atoms with Crippen LogP contribution >= 0.6 is 23.1 Å². The van der Waals surface area contributed by atoms with Gasteiger partial charge >= 0.3 is 0 Å². The molecule has 4 rings (SSSR count). The molecule has 0 atom stereocenters. The quantitative estimate of drug-likeness (QED) is 0.379. The molecular formula is C21H20N4O2S2. The first-order valence-electron chi connectivity index (χ1n) is 9.04. The van der Waals surface area contributed by atoms with E-state index in [9.17, 15) is 0 Å². The summed E-state index contributed by atoms with van der Waals surface area (Å²) in [6.45, 7) is 2.75. The number of methoxy groups -OCH3 is 1. The molecule has 0 aliphatic carbocycles. The molecule has 2 aromatic carbocycles. The lowest BCUT2D eigenvalue weighted by Gasteiger charge is -2.03. The lowest BCUT2D eigenvalue weighted by Crippen LogP contribution is -1.98. The number of rotatable bonds is 8. The summed E-state index contributed by atoms with van der Waals surface area (Å²) in [6.07, 6.45) is 1.70. The van der Waals surface area contributed by atoms with Crippen LogP contribution in [0.5, 0.6) is 5.75 Å². The number of ether oxygens (including phenoxy) is 1. The molecule has 2 heterocycles. The van der Waals surface area contributed by atoms with Crippen LogP contribution in [0.15, 0.2) is 63.6 Å². The minimum absolute atomic E-state index is 0.639. The molecule has 0 radical (unpaired) electrons. The van der Waals surface area contributed by atoms with Crippen molar-refractivity contribution in [3.8, 4) is 17.2 Å². The highest BCUT2D eigenvalue weighted by Gasteiger charge is 2.10. The van der Waals surface area contributed by atoms with Crippen molar-refractivity contribution in [2.24, 2.45) is 0 Å². The molecule has 0 unspecified atom stereocenters. The van der Waals surface area contributed by atoms with Crippen molar-refractivity contribution in [1.29, 1.82) is 0 Å². The van der Waals surface area contributed by atoms with Gasteiger partial charge in [0.15, 0.2) is 4.34 Å². The first-order chi connectivity index (χ1) is 14.2. The summed E-state index contributed by atoms with van der Waals surface area (Å²) in [4.78, 5) is 4.57. The van der Waals surface area contributed by atoms with Crippen LogP contribution in [0.3, 0.4) is 0 Å². The highest BCUT2D eigenvalue weighted by Crippen LogP contribution is 2.29. The molecular weight excluding hydrogens is 404 g/mol. The van der Waals surface area contributed by atoms with Crippen LogP contribution in [0, 0.1) is 6.92 Å². The summed E-state index contributed by atoms with van der Waals surface area (Å²) in [5, 5.41) is 12.5. The van der Waals surface area contributed by atoms with Gasteiger partial charge in [-0.2, -0.15) is 0 Å². The Hall–Kier alpha value is -2.84. The lowest BCUT2D eigenvalue weighted by atomic mass is 10.1. The van der Waals surface area contributed by atoms with E-state index in [4.69, 9.17) is 9.15 Å². The highest BCUT2D eigenvalue weighted by atomic mass is 32.2. The van der Waals surface area contributed by atoms with E-state index in [-0.39, 0.29) is 0 Å². The summed E-state index contributed by atoms with van der Waals surface area (Å²) in [7, 11) is 1.66. The minimum atomic E-state index is 0.639. The fourth-order valence-electron chi connectivity index (χ4n) is 2.60. The molecule has 4 aromatic rings. The Bertz CT molecular complexity index is 1060. The van der Waals surface area contributed by atoms with Crippen molar-refractivity contribution in [3.05, 3.63) is 71.6 Å². The summed E-state index contributed by atoms with van der Waals surface area (Å²) < 4.78 is 11.7. The highest BCUT2D eigenvalue weighted by molar-refractivity contribution is 8.00. The third-order valence-electron chi connectivity index (χ3n) is 4.20. The van der Waals surface area contributed by atoms with Crippen LogP contribution in [-0.4, -0.2) is 22.3 Å². The monoisotopic (exact) mass is 424 g/mol. The Morgan fingerprint density at radius 3 is 2.62 bits per heavy atom. The number of hydrogen-bond donors (Lipinski definition) is 1. The molecule has 6 nitrogen and oxygen atoms in total. The molecule has 148 valence electrons. The number of thioether (sulfide) groups is 1. The van der Waals surface area contributed by atoms with Gasteiger partial charge in [0.25, 0.3) is 0 Å². The van der Waals surface area contributed by atoms with Gasteiger partial charge in [0.1, 0.15) is 12.0 Å². The number of aromatic nitrogens is 3. The summed E-state index contributed by atoms with van der Waals surface area (Å²) in [5.41, 5.74) is 4.23. The lowest BCUT2D eigenvalue weighted by molar-refractivity contribution is 0.414. The van der Waals surface area contributed by atoms with Gasteiger partial charge < -0.3 is 14.5 Å². The van der Waals surface area contributed by atoms with E-state index in [1.807, 2.05) is 36.4 Å². The van der Waals surface area contributed by atoms with Crippen molar-refractivity contribution in [2.45, 2.75) is 23.6 Å². The van der Waals surface area contributed by atoms with E-state index in [0.717, 1.165) is 32.0 Å². The zero-order valence-electron chi connectivity index (χ0n) is 16.1. The molecule has 0 spiro atoms.